The summed E-state index contributed by atoms with van der Waals surface area (Å²) in [6.45, 7) is 7.58. The van der Waals surface area contributed by atoms with Crippen LogP contribution in [0.1, 0.15) is 41.0 Å². The van der Waals surface area contributed by atoms with Crippen molar-refractivity contribution < 1.29 is 14.3 Å². The highest BCUT2D eigenvalue weighted by Crippen LogP contribution is 2.28. The third-order valence-electron chi connectivity index (χ3n) is 5.47. The molecule has 0 fully saturated rings. The van der Waals surface area contributed by atoms with Crippen molar-refractivity contribution in [1.29, 1.82) is 0 Å². The molecule has 0 saturated carbocycles. The van der Waals surface area contributed by atoms with Crippen molar-refractivity contribution in [2.45, 2.75) is 40.2 Å². The maximum atomic E-state index is 13.0. The van der Waals surface area contributed by atoms with Gasteiger partial charge < -0.3 is 19.4 Å². The summed E-state index contributed by atoms with van der Waals surface area (Å²) in [5, 5.41) is 4.25. The van der Waals surface area contributed by atoms with Crippen molar-refractivity contribution in [2.75, 3.05) is 20.8 Å². The van der Waals surface area contributed by atoms with E-state index in [9.17, 15) is 4.79 Å². The first kappa shape index (κ1) is 20.8. The van der Waals surface area contributed by atoms with Crippen LogP contribution >= 0.6 is 0 Å². The van der Waals surface area contributed by atoms with Gasteiger partial charge in [0, 0.05) is 24.0 Å². The van der Waals surface area contributed by atoms with Gasteiger partial charge in [-0.3, -0.25) is 4.79 Å². The van der Waals surface area contributed by atoms with Gasteiger partial charge in [-0.2, -0.15) is 0 Å². The Morgan fingerprint density at radius 1 is 1.00 bits per heavy atom. The number of hydrogen-bond acceptors (Lipinski definition) is 3. The number of carbonyl (C=O) groups excluding carboxylic acids is 1. The molecule has 1 amide bonds. The number of fused-ring (bicyclic) bond motifs is 1. The fraction of sp³-hybridized carbons (Fsp3) is 0.375. The second kappa shape index (κ2) is 9.03. The quantitative estimate of drug-likeness (QED) is 0.611. The summed E-state index contributed by atoms with van der Waals surface area (Å²) in [5.74, 6) is 1.37. The number of benzene rings is 2. The number of nitrogens with zero attached hydrogens (tertiary/aromatic N) is 1. The molecule has 2 aromatic carbocycles. The highest BCUT2D eigenvalue weighted by molar-refractivity contribution is 6.01. The first-order valence-electron chi connectivity index (χ1n) is 10.1. The van der Waals surface area contributed by atoms with Crippen LogP contribution in [0.2, 0.25) is 0 Å². The summed E-state index contributed by atoms with van der Waals surface area (Å²) in [5.41, 5.74) is 5.29. The van der Waals surface area contributed by atoms with Gasteiger partial charge >= 0.3 is 0 Å². The molecular weight excluding hydrogens is 364 g/mol. The largest absolute Gasteiger partial charge is 0.493 e. The number of carbonyl (C=O) groups is 1. The van der Waals surface area contributed by atoms with Gasteiger partial charge in [-0.15, -0.1) is 0 Å². The van der Waals surface area contributed by atoms with Gasteiger partial charge in [-0.1, -0.05) is 19.1 Å². The van der Waals surface area contributed by atoms with Crippen LogP contribution in [0.5, 0.6) is 11.5 Å². The Morgan fingerprint density at radius 2 is 1.72 bits per heavy atom. The first-order valence-corrected chi connectivity index (χ1v) is 10.1. The highest BCUT2D eigenvalue weighted by Gasteiger charge is 2.19. The van der Waals surface area contributed by atoms with Crippen molar-refractivity contribution in [3.05, 3.63) is 58.8 Å². The van der Waals surface area contributed by atoms with E-state index >= 15 is 0 Å². The predicted octanol–water partition coefficient (Wildman–Crippen LogP) is 4.52. The zero-order valence-electron chi connectivity index (χ0n) is 18.0. The maximum absolute atomic E-state index is 13.0. The van der Waals surface area contributed by atoms with Gasteiger partial charge in [0.2, 0.25) is 0 Å². The Labute approximate surface area is 172 Å². The van der Waals surface area contributed by atoms with Crippen LogP contribution in [0.4, 0.5) is 0 Å². The van der Waals surface area contributed by atoms with Crippen LogP contribution in [-0.2, 0) is 19.4 Å². The molecule has 1 aromatic heterocycles. The summed E-state index contributed by atoms with van der Waals surface area (Å²) < 4.78 is 12.7. The van der Waals surface area contributed by atoms with Crippen LogP contribution in [0.15, 0.2) is 36.4 Å². The molecule has 0 atom stereocenters. The lowest BCUT2D eigenvalue weighted by Gasteiger charge is -2.11. The van der Waals surface area contributed by atoms with Crippen LogP contribution in [0.3, 0.4) is 0 Å². The molecule has 0 aliphatic carbocycles. The second-order valence-electron chi connectivity index (χ2n) is 7.12. The summed E-state index contributed by atoms with van der Waals surface area (Å²) >= 11 is 0. The zero-order valence-corrected chi connectivity index (χ0v) is 18.0. The summed E-state index contributed by atoms with van der Waals surface area (Å²) in [7, 11) is 3.25. The summed E-state index contributed by atoms with van der Waals surface area (Å²) in [6.07, 6.45) is 1.71. The van der Waals surface area contributed by atoms with Gasteiger partial charge in [-0.25, -0.2) is 0 Å². The smallest absolute Gasteiger partial charge is 0.268 e. The predicted molar refractivity (Wildman–Crippen MR) is 117 cm³/mol. The number of aromatic nitrogens is 1. The third-order valence-corrected chi connectivity index (χ3v) is 5.47. The zero-order chi connectivity index (χ0) is 21.0. The SMILES string of the molecule is CCc1ccc2c(c1)c(C)c(C(=O)NCCc1ccc(OC)c(OC)c1)n2CC. The number of aryl methyl sites for hydroxylation is 3. The van der Waals surface area contributed by atoms with Gasteiger partial charge in [0.05, 0.1) is 14.2 Å². The molecule has 1 N–H and O–H groups in total. The lowest BCUT2D eigenvalue weighted by atomic mass is 10.1. The average Bonchev–Trinajstić information content (AvgIpc) is 3.04. The molecule has 5 nitrogen and oxygen atoms in total. The Hall–Kier alpha value is -2.95. The van der Waals surface area contributed by atoms with Crippen molar-refractivity contribution >= 4 is 16.8 Å². The highest BCUT2D eigenvalue weighted by atomic mass is 16.5. The number of amides is 1. The molecule has 5 heteroatoms. The van der Waals surface area contributed by atoms with Crippen molar-refractivity contribution in [3.63, 3.8) is 0 Å². The van der Waals surface area contributed by atoms with Gasteiger partial charge in [0.15, 0.2) is 11.5 Å². The lowest BCUT2D eigenvalue weighted by Crippen LogP contribution is -2.28. The minimum absolute atomic E-state index is 0.0286. The van der Waals surface area contributed by atoms with E-state index in [0.717, 1.165) is 47.1 Å². The Morgan fingerprint density at radius 3 is 2.38 bits per heavy atom. The van der Waals surface area contributed by atoms with Crippen LogP contribution in [0.25, 0.3) is 10.9 Å². The lowest BCUT2D eigenvalue weighted by molar-refractivity contribution is 0.0945. The van der Waals surface area contributed by atoms with E-state index < -0.39 is 0 Å². The number of nitrogens with one attached hydrogen (secondary N) is 1. The molecule has 0 bridgehead atoms. The molecule has 0 saturated heterocycles. The first-order chi connectivity index (χ1) is 14.0. The number of hydrogen-bond donors (Lipinski definition) is 1. The second-order valence-corrected chi connectivity index (χ2v) is 7.12. The third kappa shape index (κ3) is 4.09. The fourth-order valence-corrected chi connectivity index (χ4v) is 3.85. The molecule has 0 radical (unpaired) electrons. The van der Waals surface area contributed by atoms with Gasteiger partial charge in [0.1, 0.15) is 5.69 Å². The monoisotopic (exact) mass is 394 g/mol. The average molecular weight is 395 g/mol. The van der Waals surface area contributed by atoms with Crippen LogP contribution in [-0.4, -0.2) is 31.2 Å². The molecule has 0 aliphatic rings. The van der Waals surface area contributed by atoms with Crippen LogP contribution < -0.4 is 14.8 Å². The van der Waals surface area contributed by atoms with Crippen LogP contribution in [0, 0.1) is 6.92 Å². The van der Waals surface area contributed by atoms with E-state index in [4.69, 9.17) is 9.47 Å². The summed E-state index contributed by atoms with van der Waals surface area (Å²) in [6, 6.07) is 12.3. The molecule has 0 aliphatic heterocycles. The van der Waals surface area contributed by atoms with E-state index in [2.05, 4.69) is 41.9 Å². The Kier molecular flexibility index (Phi) is 6.47. The number of methoxy groups -OCH3 is 2. The molecule has 29 heavy (non-hydrogen) atoms. The number of ether oxygens (including phenoxy) is 2. The molecule has 0 spiro atoms. The van der Waals surface area contributed by atoms with E-state index in [1.165, 1.54) is 5.56 Å². The van der Waals surface area contributed by atoms with E-state index in [1.54, 1.807) is 14.2 Å². The van der Waals surface area contributed by atoms with E-state index in [-0.39, 0.29) is 5.91 Å². The van der Waals surface area contributed by atoms with Gasteiger partial charge in [-0.05, 0) is 67.6 Å². The van der Waals surface area contributed by atoms with Crippen molar-refractivity contribution in [1.82, 2.24) is 9.88 Å². The topological polar surface area (TPSA) is 52.5 Å². The molecule has 3 aromatic rings. The minimum Gasteiger partial charge on any atom is -0.493 e. The molecule has 1 heterocycles. The molecule has 0 unspecified atom stereocenters. The molecule has 3 rings (SSSR count). The molecular formula is C24H30N2O3. The maximum Gasteiger partial charge on any atom is 0.268 e. The fourth-order valence-electron chi connectivity index (χ4n) is 3.85. The van der Waals surface area contributed by atoms with E-state index in [1.807, 2.05) is 25.1 Å². The molecule has 154 valence electrons. The standard InChI is InChI=1S/C24H30N2O3/c1-6-17-8-10-20-19(14-17)16(3)23(26(20)7-2)24(27)25-13-12-18-9-11-21(28-4)22(15-18)29-5/h8-11,14-15H,6-7,12-13H2,1-5H3,(H,25,27). The Bertz CT molecular complexity index is 1020. The number of rotatable bonds is 8. The summed E-state index contributed by atoms with van der Waals surface area (Å²) in [4.78, 5) is 13.0. The van der Waals surface area contributed by atoms with E-state index in [0.29, 0.717) is 18.0 Å². The normalized spacial score (nSPS) is 10.9. The van der Waals surface area contributed by atoms with Crippen molar-refractivity contribution in [3.8, 4) is 11.5 Å². The minimum atomic E-state index is -0.0286. The van der Waals surface area contributed by atoms with Crippen molar-refractivity contribution in [2.24, 2.45) is 0 Å². The van der Waals surface area contributed by atoms with Gasteiger partial charge in [0.25, 0.3) is 5.91 Å². The Balaban J connectivity index is 1.77.